The summed E-state index contributed by atoms with van der Waals surface area (Å²) in [5, 5.41) is 7.85. The molecule has 1 N–H and O–H groups in total. The third-order valence-corrected chi connectivity index (χ3v) is 7.58. The lowest BCUT2D eigenvalue weighted by Crippen LogP contribution is -2.49. The molecule has 3 aromatic rings. The summed E-state index contributed by atoms with van der Waals surface area (Å²) in [6.45, 7) is 6.33. The first-order valence-electron chi connectivity index (χ1n) is 13.0. The number of benzene rings is 2. The highest BCUT2D eigenvalue weighted by Crippen LogP contribution is 2.29. The first-order valence-corrected chi connectivity index (χ1v) is 13.0. The number of carbonyl (C=O) groups excluding carboxylic acids is 1. The molecule has 0 radical (unpaired) electrons. The number of nitrogens with one attached hydrogen (secondary N) is 1. The maximum atomic E-state index is 13.2. The van der Waals surface area contributed by atoms with Crippen LogP contribution in [0.3, 0.4) is 0 Å². The minimum absolute atomic E-state index is 0.297. The Kier molecular flexibility index (Phi) is 7.98. The van der Waals surface area contributed by atoms with E-state index >= 15 is 0 Å². The molecule has 0 bridgehead atoms. The van der Waals surface area contributed by atoms with Crippen molar-refractivity contribution in [3.05, 3.63) is 71.9 Å². The second kappa shape index (κ2) is 11.7. The van der Waals surface area contributed by atoms with Crippen LogP contribution in [0.4, 0.5) is 0 Å². The fourth-order valence-corrected chi connectivity index (χ4v) is 5.40. The number of amides is 1. The van der Waals surface area contributed by atoms with E-state index in [0.717, 1.165) is 81.4 Å². The predicted molar refractivity (Wildman–Crippen MR) is 140 cm³/mol. The summed E-state index contributed by atoms with van der Waals surface area (Å²) in [6, 6.07) is 20.4. The molecule has 2 aliphatic heterocycles. The Hall–Kier alpha value is -3.16. The van der Waals surface area contributed by atoms with Crippen molar-refractivity contribution in [3.8, 4) is 17.1 Å². The Morgan fingerprint density at radius 3 is 2.58 bits per heavy atom. The molecule has 5 rings (SSSR count). The first-order chi connectivity index (χ1) is 17.7. The molecule has 0 spiro atoms. The van der Waals surface area contributed by atoms with Gasteiger partial charge in [0, 0.05) is 50.8 Å². The number of piperazine rings is 1. The van der Waals surface area contributed by atoms with Crippen molar-refractivity contribution >= 4 is 5.91 Å². The molecule has 190 valence electrons. The zero-order chi connectivity index (χ0) is 24.7. The van der Waals surface area contributed by atoms with E-state index in [4.69, 9.17) is 9.26 Å². The van der Waals surface area contributed by atoms with Gasteiger partial charge in [0.2, 0.25) is 5.91 Å². The molecule has 2 saturated heterocycles. The number of hydrogen-bond acceptors (Lipinski definition) is 6. The monoisotopic (exact) mass is 488 g/mol. The van der Waals surface area contributed by atoms with Crippen molar-refractivity contribution in [1.82, 2.24) is 20.3 Å². The largest absolute Gasteiger partial charge is 0.497 e. The highest BCUT2D eigenvalue weighted by molar-refractivity contribution is 5.76. The van der Waals surface area contributed by atoms with Gasteiger partial charge in [-0.15, -0.1) is 0 Å². The molecule has 1 amide bonds. The maximum Gasteiger partial charge on any atom is 0.222 e. The van der Waals surface area contributed by atoms with Crippen LogP contribution in [0.15, 0.2) is 65.2 Å². The summed E-state index contributed by atoms with van der Waals surface area (Å²) >= 11 is 0. The quantitative estimate of drug-likeness (QED) is 0.519. The fourth-order valence-electron chi connectivity index (χ4n) is 5.40. The average molecular weight is 489 g/mol. The van der Waals surface area contributed by atoms with Crippen LogP contribution in [0.1, 0.15) is 24.1 Å². The summed E-state index contributed by atoms with van der Waals surface area (Å²) < 4.78 is 10.9. The van der Waals surface area contributed by atoms with Crippen LogP contribution >= 0.6 is 0 Å². The van der Waals surface area contributed by atoms with Crippen LogP contribution in [0, 0.1) is 11.8 Å². The highest BCUT2D eigenvalue weighted by atomic mass is 16.5. The first kappa shape index (κ1) is 24.5. The molecule has 36 heavy (non-hydrogen) atoms. The van der Waals surface area contributed by atoms with Crippen LogP contribution in [0.5, 0.6) is 5.75 Å². The molecule has 2 aliphatic rings. The molecule has 1 aromatic heterocycles. The minimum Gasteiger partial charge on any atom is -0.497 e. The van der Waals surface area contributed by atoms with Gasteiger partial charge in [0.15, 0.2) is 5.76 Å². The van der Waals surface area contributed by atoms with E-state index in [9.17, 15) is 4.79 Å². The van der Waals surface area contributed by atoms with E-state index < -0.39 is 0 Å². The predicted octanol–water partition coefficient (Wildman–Crippen LogP) is 3.85. The number of methoxy groups -OCH3 is 1. The van der Waals surface area contributed by atoms with Gasteiger partial charge in [-0.3, -0.25) is 9.69 Å². The van der Waals surface area contributed by atoms with Gasteiger partial charge < -0.3 is 19.5 Å². The smallest absolute Gasteiger partial charge is 0.222 e. The Morgan fingerprint density at radius 1 is 1.06 bits per heavy atom. The lowest BCUT2D eigenvalue weighted by atomic mass is 9.81. The number of aromatic nitrogens is 1. The molecule has 7 heteroatoms. The van der Waals surface area contributed by atoms with Crippen molar-refractivity contribution in [3.63, 3.8) is 0 Å². The number of ether oxygens (including phenoxy) is 1. The Bertz CT molecular complexity index is 1110. The average Bonchev–Trinajstić information content (AvgIpc) is 3.39. The van der Waals surface area contributed by atoms with Crippen LogP contribution in [-0.4, -0.2) is 67.2 Å². The standard InChI is InChI=1S/C29H36N4O3/c1-35-27-9-7-23(8-10-27)28-19-26(31-36-28)17-25-20-30-12-11-24(25)18-29(34)33-15-13-32(14-16-33)21-22-5-3-2-4-6-22/h2-10,19,24-25,30H,11-18,20-21H2,1H3. The zero-order valence-electron chi connectivity index (χ0n) is 21.1. The zero-order valence-corrected chi connectivity index (χ0v) is 21.1. The second-order valence-corrected chi connectivity index (χ2v) is 9.97. The highest BCUT2D eigenvalue weighted by Gasteiger charge is 2.30. The van der Waals surface area contributed by atoms with Crippen LogP contribution in [-0.2, 0) is 17.8 Å². The van der Waals surface area contributed by atoms with Crippen LogP contribution in [0.25, 0.3) is 11.3 Å². The lowest BCUT2D eigenvalue weighted by molar-refractivity contribution is -0.134. The topological polar surface area (TPSA) is 70.8 Å². The molecule has 0 aliphatic carbocycles. The Labute approximate surface area is 213 Å². The van der Waals surface area contributed by atoms with Gasteiger partial charge >= 0.3 is 0 Å². The van der Waals surface area contributed by atoms with Crippen molar-refractivity contribution in [1.29, 1.82) is 0 Å². The van der Waals surface area contributed by atoms with Crippen LogP contribution in [0.2, 0.25) is 0 Å². The van der Waals surface area contributed by atoms with Gasteiger partial charge in [0.1, 0.15) is 5.75 Å². The van der Waals surface area contributed by atoms with E-state index in [0.29, 0.717) is 24.2 Å². The van der Waals surface area contributed by atoms with Crippen molar-refractivity contribution in [2.24, 2.45) is 11.8 Å². The lowest BCUT2D eigenvalue weighted by Gasteiger charge is -2.37. The molecule has 2 atom stereocenters. The SMILES string of the molecule is COc1ccc(-c2cc(CC3CNCCC3CC(=O)N3CCN(Cc4ccccc4)CC3)no2)cc1. The van der Waals surface area contributed by atoms with E-state index in [1.807, 2.05) is 30.3 Å². The van der Waals surface area contributed by atoms with E-state index in [-0.39, 0.29) is 0 Å². The molecule has 2 fully saturated rings. The van der Waals surface area contributed by atoms with Crippen molar-refractivity contribution in [2.75, 3.05) is 46.4 Å². The van der Waals surface area contributed by atoms with Crippen molar-refractivity contribution in [2.45, 2.75) is 25.8 Å². The number of nitrogens with zero attached hydrogens (tertiary/aromatic N) is 3. The summed E-state index contributed by atoms with van der Waals surface area (Å²) in [4.78, 5) is 17.7. The third-order valence-electron chi connectivity index (χ3n) is 7.58. The van der Waals surface area contributed by atoms with E-state index in [1.54, 1.807) is 7.11 Å². The van der Waals surface area contributed by atoms with Gasteiger partial charge in [0.05, 0.1) is 12.8 Å². The molecule has 0 saturated carbocycles. The van der Waals surface area contributed by atoms with E-state index in [2.05, 4.69) is 50.6 Å². The number of carbonyl (C=O) groups is 1. The number of hydrogen-bond donors (Lipinski definition) is 1. The number of rotatable bonds is 8. The van der Waals surface area contributed by atoms with Gasteiger partial charge in [-0.05, 0) is 67.6 Å². The summed E-state index contributed by atoms with van der Waals surface area (Å²) in [5.74, 6) is 2.61. The number of piperidine rings is 1. The fraction of sp³-hybridized carbons (Fsp3) is 0.448. The summed E-state index contributed by atoms with van der Waals surface area (Å²) in [6.07, 6.45) is 2.46. The molecule has 2 unspecified atom stereocenters. The van der Waals surface area contributed by atoms with Gasteiger partial charge in [-0.1, -0.05) is 35.5 Å². The minimum atomic E-state index is 0.297. The van der Waals surface area contributed by atoms with Crippen LogP contribution < -0.4 is 10.1 Å². The van der Waals surface area contributed by atoms with Gasteiger partial charge in [-0.25, -0.2) is 0 Å². The Morgan fingerprint density at radius 2 is 1.83 bits per heavy atom. The molecule has 3 heterocycles. The summed E-state index contributed by atoms with van der Waals surface area (Å²) in [7, 11) is 1.66. The molecular formula is C29H36N4O3. The Balaban J connectivity index is 1.14. The molecule has 2 aromatic carbocycles. The molecular weight excluding hydrogens is 452 g/mol. The third kappa shape index (κ3) is 6.15. The van der Waals surface area contributed by atoms with Gasteiger partial charge in [-0.2, -0.15) is 0 Å². The second-order valence-electron chi connectivity index (χ2n) is 9.97. The normalized spacial score (nSPS) is 20.9. The molecule has 7 nitrogen and oxygen atoms in total. The maximum absolute atomic E-state index is 13.2. The summed E-state index contributed by atoms with van der Waals surface area (Å²) in [5.41, 5.74) is 3.26. The van der Waals surface area contributed by atoms with Gasteiger partial charge in [0.25, 0.3) is 0 Å². The van der Waals surface area contributed by atoms with Crippen molar-refractivity contribution < 1.29 is 14.1 Å². The van der Waals surface area contributed by atoms with E-state index in [1.165, 1.54) is 5.56 Å².